The molecule has 2 aromatic carbocycles. The standard InChI is InChI=1S/C20H13Cl2N5/c21-17-4-3-13(8-18(17)22)25-15-7-16(11-23)27-20(10-15)26-14-2-1-12-5-6-24-19(12)9-14/h1-10,24H,(H2,25,26,27). The van der Waals surface area contributed by atoms with Gasteiger partial charge in [0.05, 0.1) is 10.0 Å². The molecule has 0 amide bonds. The van der Waals surface area contributed by atoms with E-state index in [9.17, 15) is 5.26 Å². The van der Waals surface area contributed by atoms with Crippen molar-refractivity contribution in [2.45, 2.75) is 0 Å². The number of anilines is 4. The molecule has 4 aromatic rings. The number of aromatic amines is 1. The van der Waals surface area contributed by atoms with Crippen molar-refractivity contribution in [2.24, 2.45) is 0 Å². The highest BCUT2D eigenvalue weighted by atomic mass is 35.5. The molecule has 2 heterocycles. The molecule has 0 atom stereocenters. The molecule has 0 radical (unpaired) electrons. The van der Waals surface area contributed by atoms with Crippen LogP contribution in [-0.4, -0.2) is 9.97 Å². The number of rotatable bonds is 4. The van der Waals surface area contributed by atoms with Gasteiger partial charge in [0.15, 0.2) is 0 Å². The normalized spacial score (nSPS) is 10.6. The number of aromatic nitrogens is 2. The average molecular weight is 394 g/mol. The van der Waals surface area contributed by atoms with Gasteiger partial charge in [0.1, 0.15) is 17.6 Å². The van der Waals surface area contributed by atoms with Gasteiger partial charge in [0, 0.05) is 34.8 Å². The van der Waals surface area contributed by atoms with E-state index in [1.165, 1.54) is 0 Å². The highest BCUT2D eigenvalue weighted by Gasteiger charge is 2.06. The largest absolute Gasteiger partial charge is 0.361 e. The number of fused-ring (bicyclic) bond motifs is 1. The molecule has 3 N–H and O–H groups in total. The number of nitrogens with zero attached hydrogens (tertiary/aromatic N) is 2. The molecule has 0 saturated heterocycles. The third-order valence-corrected chi connectivity index (χ3v) is 4.71. The lowest BCUT2D eigenvalue weighted by molar-refractivity contribution is 1.25. The van der Waals surface area contributed by atoms with Gasteiger partial charge >= 0.3 is 0 Å². The minimum Gasteiger partial charge on any atom is -0.361 e. The number of hydrogen-bond acceptors (Lipinski definition) is 4. The smallest absolute Gasteiger partial charge is 0.144 e. The quantitative estimate of drug-likeness (QED) is 0.384. The lowest BCUT2D eigenvalue weighted by atomic mass is 10.2. The van der Waals surface area contributed by atoms with Crippen LogP contribution in [0, 0.1) is 11.3 Å². The van der Waals surface area contributed by atoms with Gasteiger partial charge in [-0.15, -0.1) is 0 Å². The topological polar surface area (TPSA) is 76.5 Å². The van der Waals surface area contributed by atoms with Crippen molar-refractivity contribution in [3.05, 3.63) is 76.5 Å². The van der Waals surface area contributed by atoms with Gasteiger partial charge in [0.25, 0.3) is 0 Å². The summed E-state index contributed by atoms with van der Waals surface area (Å²) in [5, 5.41) is 17.8. The van der Waals surface area contributed by atoms with Crippen molar-refractivity contribution in [3.8, 4) is 6.07 Å². The average Bonchev–Trinajstić information content (AvgIpc) is 3.12. The molecule has 0 unspecified atom stereocenters. The zero-order chi connectivity index (χ0) is 18.8. The summed E-state index contributed by atoms with van der Waals surface area (Å²) in [6, 6.07) is 18.8. The molecule has 0 saturated carbocycles. The molecule has 2 aromatic heterocycles. The summed E-state index contributed by atoms with van der Waals surface area (Å²) in [6.07, 6.45) is 1.89. The maximum absolute atomic E-state index is 9.30. The van der Waals surface area contributed by atoms with Crippen molar-refractivity contribution in [1.29, 1.82) is 5.26 Å². The fourth-order valence-electron chi connectivity index (χ4n) is 2.74. The molecule has 4 rings (SSSR count). The molecule has 0 bridgehead atoms. The first kappa shape index (κ1) is 17.2. The van der Waals surface area contributed by atoms with Crippen LogP contribution in [0.4, 0.5) is 22.9 Å². The summed E-state index contributed by atoms with van der Waals surface area (Å²) in [7, 11) is 0. The van der Waals surface area contributed by atoms with Crippen molar-refractivity contribution >= 4 is 57.0 Å². The first-order valence-corrected chi connectivity index (χ1v) is 8.85. The molecule has 0 aliphatic heterocycles. The van der Waals surface area contributed by atoms with E-state index in [4.69, 9.17) is 23.2 Å². The Morgan fingerprint density at radius 1 is 0.852 bits per heavy atom. The van der Waals surface area contributed by atoms with Crippen LogP contribution in [0.3, 0.4) is 0 Å². The summed E-state index contributed by atoms with van der Waals surface area (Å²) in [5.41, 5.74) is 3.66. The van der Waals surface area contributed by atoms with E-state index < -0.39 is 0 Å². The molecule has 0 aliphatic carbocycles. The van der Waals surface area contributed by atoms with Crippen molar-refractivity contribution < 1.29 is 0 Å². The van der Waals surface area contributed by atoms with E-state index in [0.29, 0.717) is 27.2 Å². The summed E-state index contributed by atoms with van der Waals surface area (Å²) >= 11 is 12.0. The van der Waals surface area contributed by atoms with E-state index in [0.717, 1.165) is 22.3 Å². The Kier molecular flexibility index (Phi) is 4.59. The number of halogens is 2. The Balaban J connectivity index is 1.63. The van der Waals surface area contributed by atoms with E-state index in [1.807, 2.05) is 42.6 Å². The third kappa shape index (κ3) is 3.82. The fourth-order valence-corrected chi connectivity index (χ4v) is 3.04. The Bertz CT molecular complexity index is 1180. The number of nitrogens with one attached hydrogen (secondary N) is 3. The zero-order valence-corrected chi connectivity index (χ0v) is 15.4. The highest BCUT2D eigenvalue weighted by molar-refractivity contribution is 6.42. The van der Waals surface area contributed by atoms with E-state index >= 15 is 0 Å². The fraction of sp³-hybridized carbons (Fsp3) is 0. The molecule has 27 heavy (non-hydrogen) atoms. The Morgan fingerprint density at radius 2 is 1.67 bits per heavy atom. The van der Waals surface area contributed by atoms with Crippen LogP contribution in [0.25, 0.3) is 10.9 Å². The van der Waals surface area contributed by atoms with Crippen molar-refractivity contribution in [2.75, 3.05) is 10.6 Å². The lowest BCUT2D eigenvalue weighted by Gasteiger charge is -2.11. The van der Waals surface area contributed by atoms with Crippen LogP contribution < -0.4 is 10.6 Å². The van der Waals surface area contributed by atoms with Crippen LogP contribution in [0.15, 0.2) is 60.8 Å². The van der Waals surface area contributed by atoms with Crippen LogP contribution >= 0.6 is 23.2 Å². The monoisotopic (exact) mass is 393 g/mol. The number of nitriles is 1. The van der Waals surface area contributed by atoms with Crippen molar-refractivity contribution in [3.63, 3.8) is 0 Å². The van der Waals surface area contributed by atoms with E-state index in [1.54, 1.807) is 18.2 Å². The lowest BCUT2D eigenvalue weighted by Crippen LogP contribution is -1.99. The van der Waals surface area contributed by atoms with Crippen LogP contribution in [-0.2, 0) is 0 Å². The second-order valence-corrected chi connectivity index (χ2v) is 6.71. The second-order valence-electron chi connectivity index (χ2n) is 5.90. The second kappa shape index (κ2) is 7.20. The third-order valence-electron chi connectivity index (χ3n) is 3.98. The van der Waals surface area contributed by atoms with Gasteiger partial charge in [-0.05, 0) is 47.9 Å². The van der Waals surface area contributed by atoms with Gasteiger partial charge in [-0.2, -0.15) is 5.26 Å². The Labute approximate surface area is 165 Å². The Morgan fingerprint density at radius 3 is 2.48 bits per heavy atom. The first-order valence-electron chi connectivity index (χ1n) is 8.09. The SMILES string of the molecule is N#Cc1cc(Nc2ccc(Cl)c(Cl)c2)cc(Nc2ccc3cc[nH]c3c2)n1. The van der Waals surface area contributed by atoms with Crippen LogP contribution in [0.1, 0.15) is 5.69 Å². The number of hydrogen-bond donors (Lipinski definition) is 3. The molecular formula is C20H13Cl2N5. The maximum atomic E-state index is 9.30. The molecule has 7 heteroatoms. The number of pyridine rings is 1. The minimum absolute atomic E-state index is 0.295. The van der Waals surface area contributed by atoms with E-state index in [2.05, 4.69) is 26.7 Å². The van der Waals surface area contributed by atoms with Gasteiger partial charge in [-0.25, -0.2) is 4.98 Å². The summed E-state index contributed by atoms with van der Waals surface area (Å²) < 4.78 is 0. The summed E-state index contributed by atoms with van der Waals surface area (Å²) in [4.78, 5) is 7.49. The number of H-pyrrole nitrogens is 1. The van der Waals surface area contributed by atoms with Gasteiger partial charge < -0.3 is 15.6 Å². The number of benzene rings is 2. The molecule has 0 fully saturated rings. The maximum Gasteiger partial charge on any atom is 0.144 e. The Hall–Kier alpha value is -3.20. The molecule has 0 spiro atoms. The van der Waals surface area contributed by atoms with Gasteiger partial charge in [-0.1, -0.05) is 29.3 Å². The predicted octanol–water partition coefficient (Wildman–Crippen LogP) is 6.23. The van der Waals surface area contributed by atoms with E-state index in [-0.39, 0.29) is 0 Å². The summed E-state index contributed by atoms with van der Waals surface area (Å²) in [5.74, 6) is 0.558. The molecule has 132 valence electrons. The van der Waals surface area contributed by atoms with Crippen LogP contribution in [0.2, 0.25) is 10.0 Å². The first-order chi connectivity index (χ1) is 13.1. The molecular weight excluding hydrogens is 381 g/mol. The minimum atomic E-state index is 0.295. The zero-order valence-electron chi connectivity index (χ0n) is 13.9. The van der Waals surface area contributed by atoms with Crippen molar-refractivity contribution in [1.82, 2.24) is 9.97 Å². The molecule has 0 aliphatic rings. The van der Waals surface area contributed by atoms with Gasteiger partial charge in [-0.3, -0.25) is 0 Å². The summed E-state index contributed by atoms with van der Waals surface area (Å²) in [6.45, 7) is 0. The predicted molar refractivity (Wildman–Crippen MR) is 110 cm³/mol. The van der Waals surface area contributed by atoms with Gasteiger partial charge in [0.2, 0.25) is 0 Å². The highest BCUT2D eigenvalue weighted by Crippen LogP contribution is 2.28. The molecule has 5 nitrogen and oxygen atoms in total. The van der Waals surface area contributed by atoms with Crippen LogP contribution in [0.5, 0.6) is 0 Å².